The summed E-state index contributed by atoms with van der Waals surface area (Å²) in [6, 6.07) is 24.7. The molecule has 4 rings (SSSR count). The van der Waals surface area contributed by atoms with Gasteiger partial charge in [0.2, 0.25) is 0 Å². The van der Waals surface area contributed by atoms with Gasteiger partial charge in [-0.2, -0.15) is 0 Å². The van der Waals surface area contributed by atoms with Gasteiger partial charge in [-0.1, -0.05) is 36.4 Å². The van der Waals surface area contributed by atoms with E-state index in [-0.39, 0.29) is 60.7 Å². The maximum absolute atomic E-state index is 11.6. The van der Waals surface area contributed by atoms with Crippen molar-refractivity contribution in [2.24, 2.45) is 0 Å². The van der Waals surface area contributed by atoms with E-state index >= 15 is 0 Å². The van der Waals surface area contributed by atoms with E-state index in [9.17, 15) is 19.8 Å². The van der Waals surface area contributed by atoms with E-state index in [2.05, 4.69) is 0 Å². The third kappa shape index (κ3) is 8.01. The number of esters is 2. The Morgan fingerprint density at radius 1 is 0.486 bits per heavy atom. The summed E-state index contributed by atoms with van der Waals surface area (Å²) in [6.45, 7) is 0. The van der Waals surface area contributed by atoms with Crippen LogP contribution < -0.4 is 9.47 Å². The van der Waals surface area contributed by atoms with Crippen molar-refractivity contribution < 1.29 is 65.7 Å². The molecule has 0 spiro atoms. The average Bonchev–Trinajstić information content (AvgIpc) is 2.85. The fraction of sp³-hybridized carbons (Fsp3) is 0. The topological polar surface area (TPSA) is 134 Å². The molecular weight excluding hydrogens is 532 g/mol. The van der Waals surface area contributed by atoms with E-state index in [0.717, 1.165) is 0 Å². The van der Waals surface area contributed by atoms with E-state index in [0.29, 0.717) is 11.1 Å². The van der Waals surface area contributed by atoms with Crippen LogP contribution in [0.15, 0.2) is 97.1 Å². The van der Waals surface area contributed by atoms with Crippen molar-refractivity contribution in [1.82, 2.24) is 0 Å². The quantitative estimate of drug-likeness (QED) is 0.164. The molecular formula is C26H20O8Zr. The predicted molar refractivity (Wildman–Crippen MR) is 122 cm³/mol. The van der Waals surface area contributed by atoms with Gasteiger partial charge in [-0.3, -0.25) is 0 Å². The van der Waals surface area contributed by atoms with Crippen molar-refractivity contribution >= 4 is 11.9 Å². The molecule has 0 heterocycles. The fourth-order valence-corrected chi connectivity index (χ4v) is 2.61. The summed E-state index contributed by atoms with van der Waals surface area (Å²) in [5.74, 6) is -1.87. The molecule has 4 N–H and O–H groups in total. The first-order valence-corrected chi connectivity index (χ1v) is 9.92. The standard InChI is InChI=1S/2C13H10O4.Zr/c2*14-11-7-6-10(8-12(11)15)17-13(16)9-4-2-1-3-5-9;/h2*1-8,14-15H;. The zero-order valence-corrected chi connectivity index (χ0v) is 20.6. The Bertz CT molecular complexity index is 1180. The molecule has 35 heavy (non-hydrogen) atoms. The minimum absolute atomic E-state index is 0. The summed E-state index contributed by atoms with van der Waals surface area (Å²) in [5, 5.41) is 36.7. The van der Waals surface area contributed by atoms with Crippen LogP contribution in [0.1, 0.15) is 20.7 Å². The van der Waals surface area contributed by atoms with Gasteiger partial charge in [-0.25, -0.2) is 9.59 Å². The number of benzene rings is 4. The van der Waals surface area contributed by atoms with Crippen molar-refractivity contribution in [3.05, 3.63) is 108 Å². The Morgan fingerprint density at radius 2 is 0.829 bits per heavy atom. The second-order valence-electron chi connectivity index (χ2n) is 6.81. The van der Waals surface area contributed by atoms with Crippen molar-refractivity contribution in [2.75, 3.05) is 0 Å². The number of aromatic hydroxyl groups is 4. The molecule has 0 aromatic heterocycles. The van der Waals surface area contributed by atoms with E-state index in [1.54, 1.807) is 60.7 Å². The average molecular weight is 552 g/mol. The largest absolute Gasteiger partial charge is 0.504 e. The molecule has 0 saturated heterocycles. The predicted octanol–water partition coefficient (Wildman–Crippen LogP) is 4.63. The summed E-state index contributed by atoms with van der Waals surface area (Å²) < 4.78 is 10.1. The van der Waals surface area contributed by atoms with E-state index < -0.39 is 11.9 Å². The maximum atomic E-state index is 11.6. The Labute approximate surface area is 219 Å². The molecule has 0 fully saturated rings. The number of carbonyl (C=O) groups is 2. The molecule has 0 radical (unpaired) electrons. The normalized spacial score (nSPS) is 9.60. The fourth-order valence-electron chi connectivity index (χ4n) is 2.61. The van der Waals surface area contributed by atoms with Gasteiger partial charge in [0.15, 0.2) is 23.0 Å². The van der Waals surface area contributed by atoms with Crippen LogP contribution in [-0.2, 0) is 26.2 Å². The van der Waals surface area contributed by atoms with E-state index in [1.165, 1.54) is 36.4 Å². The number of hydrogen-bond donors (Lipinski definition) is 4. The number of ether oxygens (including phenoxy) is 2. The second kappa shape index (κ2) is 13.0. The number of rotatable bonds is 4. The zero-order chi connectivity index (χ0) is 24.5. The van der Waals surface area contributed by atoms with Crippen LogP contribution in [0.25, 0.3) is 0 Å². The van der Waals surface area contributed by atoms with Gasteiger partial charge >= 0.3 is 11.9 Å². The Hall–Kier alpha value is -4.10. The minimum atomic E-state index is -0.518. The molecule has 8 nitrogen and oxygen atoms in total. The van der Waals surface area contributed by atoms with E-state index in [1.807, 2.05) is 0 Å². The van der Waals surface area contributed by atoms with Crippen LogP contribution in [0.4, 0.5) is 0 Å². The second-order valence-corrected chi connectivity index (χ2v) is 6.81. The van der Waals surface area contributed by atoms with Gasteiger partial charge in [0.1, 0.15) is 11.5 Å². The first-order chi connectivity index (χ1) is 16.3. The molecule has 4 aromatic rings. The number of carbonyl (C=O) groups excluding carboxylic acids is 2. The Balaban J connectivity index is 0.000000240. The molecule has 176 valence electrons. The van der Waals surface area contributed by atoms with Crippen LogP contribution in [0.5, 0.6) is 34.5 Å². The summed E-state index contributed by atoms with van der Waals surface area (Å²) in [4.78, 5) is 23.3. The van der Waals surface area contributed by atoms with Crippen molar-refractivity contribution in [1.29, 1.82) is 0 Å². The molecule has 0 saturated carbocycles. The molecule has 9 heteroatoms. The summed E-state index contributed by atoms with van der Waals surface area (Å²) in [5.41, 5.74) is 0.833. The van der Waals surface area contributed by atoms with Crippen LogP contribution in [0.2, 0.25) is 0 Å². The first-order valence-electron chi connectivity index (χ1n) is 9.92. The van der Waals surface area contributed by atoms with Crippen LogP contribution in [-0.4, -0.2) is 32.4 Å². The first kappa shape index (κ1) is 27.1. The smallest absolute Gasteiger partial charge is 0.343 e. The minimum Gasteiger partial charge on any atom is -0.504 e. The molecule has 0 aliphatic carbocycles. The molecule has 0 unspecified atom stereocenters. The molecule has 0 atom stereocenters. The van der Waals surface area contributed by atoms with Crippen molar-refractivity contribution in [3.8, 4) is 34.5 Å². The molecule has 0 aliphatic rings. The third-order valence-corrected chi connectivity index (χ3v) is 4.33. The van der Waals surface area contributed by atoms with Crippen molar-refractivity contribution in [3.63, 3.8) is 0 Å². The number of hydrogen-bond acceptors (Lipinski definition) is 8. The summed E-state index contributed by atoms with van der Waals surface area (Å²) >= 11 is 0. The Kier molecular flexibility index (Phi) is 10.1. The van der Waals surface area contributed by atoms with Gasteiger partial charge in [0.25, 0.3) is 0 Å². The van der Waals surface area contributed by atoms with Crippen LogP contribution in [0, 0.1) is 0 Å². The zero-order valence-electron chi connectivity index (χ0n) is 18.2. The van der Waals surface area contributed by atoms with Gasteiger partial charge < -0.3 is 29.9 Å². The van der Waals surface area contributed by atoms with Crippen LogP contribution >= 0.6 is 0 Å². The molecule has 4 aromatic carbocycles. The Morgan fingerprint density at radius 3 is 1.14 bits per heavy atom. The molecule has 0 bridgehead atoms. The SMILES string of the molecule is O=C(Oc1ccc(O)c(O)c1)c1ccccc1.O=C(Oc1ccc(O)c(O)c1)c1ccccc1.[Zr]. The maximum Gasteiger partial charge on any atom is 0.343 e. The molecule has 0 amide bonds. The van der Waals surface area contributed by atoms with Crippen molar-refractivity contribution in [2.45, 2.75) is 0 Å². The van der Waals surface area contributed by atoms with Gasteiger partial charge in [0.05, 0.1) is 11.1 Å². The van der Waals surface area contributed by atoms with E-state index in [4.69, 9.17) is 19.7 Å². The van der Waals surface area contributed by atoms with Gasteiger partial charge in [-0.15, -0.1) is 0 Å². The third-order valence-electron chi connectivity index (χ3n) is 4.33. The monoisotopic (exact) mass is 550 g/mol. The van der Waals surface area contributed by atoms with Gasteiger partial charge in [0, 0.05) is 38.3 Å². The van der Waals surface area contributed by atoms with Crippen LogP contribution in [0.3, 0.4) is 0 Å². The number of phenols is 4. The summed E-state index contributed by atoms with van der Waals surface area (Å²) in [7, 11) is 0. The number of phenolic OH excluding ortho intramolecular Hbond substituents is 4. The summed E-state index contributed by atoms with van der Waals surface area (Å²) in [6.07, 6.45) is 0. The van der Waals surface area contributed by atoms with Gasteiger partial charge in [-0.05, 0) is 48.5 Å². The molecule has 0 aliphatic heterocycles.